The molecule has 0 radical (unpaired) electrons. The maximum absolute atomic E-state index is 10.4. The summed E-state index contributed by atoms with van der Waals surface area (Å²) >= 11 is 0. The SMILES string of the molecule is CC(=O)N/C(=C/N)N(C)N. The largest absolute Gasteiger partial charge is 0.402 e. The number of nitrogens with two attached hydrogens (primary N) is 2. The van der Waals surface area contributed by atoms with E-state index in [0.29, 0.717) is 5.82 Å². The number of hydrogen-bond donors (Lipinski definition) is 3. The Morgan fingerprint density at radius 3 is 2.30 bits per heavy atom. The first-order chi connectivity index (χ1) is 4.57. The highest BCUT2D eigenvalue weighted by Crippen LogP contribution is 1.85. The Kier molecular flexibility index (Phi) is 3.27. The zero-order chi connectivity index (χ0) is 8.15. The second-order valence-corrected chi connectivity index (χ2v) is 1.84. The molecule has 0 bridgehead atoms. The average molecular weight is 144 g/mol. The fourth-order valence-electron chi connectivity index (χ4n) is 0.428. The highest BCUT2D eigenvalue weighted by atomic mass is 16.1. The van der Waals surface area contributed by atoms with E-state index in [-0.39, 0.29) is 5.91 Å². The van der Waals surface area contributed by atoms with Gasteiger partial charge in [0.25, 0.3) is 0 Å². The van der Waals surface area contributed by atoms with Crippen LogP contribution >= 0.6 is 0 Å². The van der Waals surface area contributed by atoms with Crippen molar-refractivity contribution in [3.05, 3.63) is 12.0 Å². The number of hydrogen-bond acceptors (Lipinski definition) is 4. The summed E-state index contributed by atoms with van der Waals surface area (Å²) in [4.78, 5) is 10.4. The summed E-state index contributed by atoms with van der Waals surface area (Å²) in [5.74, 6) is 5.45. The van der Waals surface area contributed by atoms with Crippen molar-refractivity contribution in [2.24, 2.45) is 11.6 Å². The van der Waals surface area contributed by atoms with E-state index in [9.17, 15) is 4.79 Å². The van der Waals surface area contributed by atoms with E-state index < -0.39 is 0 Å². The van der Waals surface area contributed by atoms with Crippen LogP contribution in [0.5, 0.6) is 0 Å². The Bertz CT molecular complexity index is 152. The second-order valence-electron chi connectivity index (χ2n) is 1.84. The third-order valence-corrected chi connectivity index (χ3v) is 0.842. The van der Waals surface area contributed by atoms with Crippen LogP contribution in [-0.4, -0.2) is 18.0 Å². The minimum absolute atomic E-state index is 0.200. The number of nitrogens with zero attached hydrogens (tertiary/aromatic N) is 1. The first-order valence-electron chi connectivity index (χ1n) is 2.76. The van der Waals surface area contributed by atoms with Gasteiger partial charge in [-0.15, -0.1) is 0 Å². The van der Waals surface area contributed by atoms with Gasteiger partial charge in [-0.2, -0.15) is 0 Å². The Hall–Kier alpha value is -1.23. The molecule has 0 saturated heterocycles. The number of carbonyl (C=O) groups excluding carboxylic acids is 1. The molecular weight excluding hydrogens is 132 g/mol. The van der Waals surface area contributed by atoms with E-state index in [2.05, 4.69) is 5.32 Å². The number of carbonyl (C=O) groups is 1. The molecule has 0 unspecified atom stereocenters. The van der Waals surface area contributed by atoms with Crippen LogP contribution in [0, 0.1) is 0 Å². The standard InChI is InChI=1S/C5H12N4O/c1-4(10)8-5(3-6)9(2)7/h3H,6-7H2,1-2H3,(H,8,10)/b5-3-. The van der Waals surface area contributed by atoms with Crippen LogP contribution in [0.15, 0.2) is 12.0 Å². The highest BCUT2D eigenvalue weighted by Gasteiger charge is 1.99. The minimum Gasteiger partial charge on any atom is -0.402 e. The Balaban J connectivity index is 3.99. The predicted octanol–water partition coefficient (Wildman–Crippen LogP) is -1.31. The van der Waals surface area contributed by atoms with Crippen LogP contribution in [0.1, 0.15) is 6.92 Å². The molecule has 0 atom stereocenters. The highest BCUT2D eigenvalue weighted by molar-refractivity contribution is 5.74. The van der Waals surface area contributed by atoms with E-state index in [1.165, 1.54) is 18.1 Å². The zero-order valence-corrected chi connectivity index (χ0v) is 6.09. The van der Waals surface area contributed by atoms with E-state index in [4.69, 9.17) is 11.6 Å². The monoisotopic (exact) mass is 144 g/mol. The van der Waals surface area contributed by atoms with Crippen molar-refractivity contribution >= 4 is 5.91 Å². The summed E-state index contributed by atoms with van der Waals surface area (Å²) in [6, 6.07) is 0. The molecule has 0 heterocycles. The summed E-state index contributed by atoms with van der Waals surface area (Å²) in [5, 5.41) is 3.65. The fourth-order valence-corrected chi connectivity index (χ4v) is 0.428. The van der Waals surface area contributed by atoms with Gasteiger partial charge in [0.15, 0.2) is 0 Å². The van der Waals surface area contributed by atoms with Gasteiger partial charge in [0.2, 0.25) is 5.91 Å². The molecule has 0 fully saturated rings. The van der Waals surface area contributed by atoms with Crippen LogP contribution in [0.3, 0.4) is 0 Å². The summed E-state index contributed by atoms with van der Waals surface area (Å²) in [6.45, 7) is 1.38. The van der Waals surface area contributed by atoms with Crippen molar-refractivity contribution < 1.29 is 4.79 Å². The first-order valence-corrected chi connectivity index (χ1v) is 2.76. The Labute approximate surface area is 59.6 Å². The van der Waals surface area contributed by atoms with Crippen molar-refractivity contribution in [3.8, 4) is 0 Å². The summed E-state index contributed by atoms with van der Waals surface area (Å²) in [7, 11) is 1.58. The number of nitrogens with one attached hydrogen (secondary N) is 1. The summed E-state index contributed by atoms with van der Waals surface area (Å²) in [6.07, 6.45) is 1.22. The third-order valence-electron chi connectivity index (χ3n) is 0.842. The van der Waals surface area contributed by atoms with Gasteiger partial charge in [-0.05, 0) is 0 Å². The van der Waals surface area contributed by atoms with Gasteiger partial charge < -0.3 is 11.1 Å². The lowest BCUT2D eigenvalue weighted by molar-refractivity contribution is -0.118. The van der Waals surface area contributed by atoms with Crippen LogP contribution in [0.4, 0.5) is 0 Å². The Morgan fingerprint density at radius 2 is 2.20 bits per heavy atom. The molecule has 0 rings (SSSR count). The maximum atomic E-state index is 10.4. The lowest BCUT2D eigenvalue weighted by Crippen LogP contribution is -2.36. The van der Waals surface area contributed by atoms with Gasteiger partial charge in [0.05, 0.1) is 0 Å². The first kappa shape index (κ1) is 8.77. The van der Waals surface area contributed by atoms with E-state index in [1.54, 1.807) is 7.05 Å². The number of amides is 1. The molecule has 0 aromatic rings. The third kappa shape index (κ3) is 2.93. The second kappa shape index (κ2) is 3.73. The van der Waals surface area contributed by atoms with Crippen LogP contribution in [-0.2, 0) is 4.79 Å². The lowest BCUT2D eigenvalue weighted by atomic mass is 10.6. The average Bonchev–Trinajstić information content (AvgIpc) is 1.81. The zero-order valence-electron chi connectivity index (χ0n) is 6.09. The molecule has 0 aliphatic carbocycles. The molecule has 0 aliphatic heterocycles. The minimum atomic E-state index is -0.200. The molecular formula is C5H12N4O. The molecule has 0 saturated carbocycles. The molecule has 5 nitrogen and oxygen atoms in total. The van der Waals surface area contributed by atoms with Crippen LogP contribution in [0.25, 0.3) is 0 Å². The van der Waals surface area contributed by atoms with Crippen LogP contribution < -0.4 is 16.9 Å². The molecule has 5 heteroatoms. The van der Waals surface area contributed by atoms with Crippen molar-refractivity contribution in [1.29, 1.82) is 0 Å². The van der Waals surface area contributed by atoms with E-state index >= 15 is 0 Å². The van der Waals surface area contributed by atoms with Gasteiger partial charge in [-0.1, -0.05) is 0 Å². The molecule has 0 aromatic heterocycles. The molecule has 5 N–H and O–H groups in total. The molecule has 0 aliphatic rings. The number of hydrazine groups is 1. The number of rotatable bonds is 2. The molecule has 58 valence electrons. The topological polar surface area (TPSA) is 84.4 Å². The van der Waals surface area contributed by atoms with Gasteiger partial charge in [-0.3, -0.25) is 9.80 Å². The van der Waals surface area contributed by atoms with Gasteiger partial charge >= 0.3 is 0 Å². The van der Waals surface area contributed by atoms with Crippen molar-refractivity contribution in [3.63, 3.8) is 0 Å². The van der Waals surface area contributed by atoms with Crippen molar-refractivity contribution in [2.75, 3.05) is 7.05 Å². The van der Waals surface area contributed by atoms with E-state index in [0.717, 1.165) is 0 Å². The van der Waals surface area contributed by atoms with Gasteiger partial charge in [0, 0.05) is 20.2 Å². The lowest BCUT2D eigenvalue weighted by Gasteiger charge is -2.15. The quantitative estimate of drug-likeness (QED) is 0.332. The van der Waals surface area contributed by atoms with Crippen molar-refractivity contribution in [2.45, 2.75) is 6.92 Å². The summed E-state index contributed by atoms with van der Waals surface area (Å²) < 4.78 is 0. The summed E-state index contributed by atoms with van der Waals surface area (Å²) in [5.41, 5.74) is 5.12. The van der Waals surface area contributed by atoms with Gasteiger partial charge in [0.1, 0.15) is 5.82 Å². The predicted molar refractivity (Wildman–Crippen MR) is 38.0 cm³/mol. The molecule has 0 aromatic carbocycles. The smallest absolute Gasteiger partial charge is 0.222 e. The van der Waals surface area contributed by atoms with E-state index in [1.807, 2.05) is 0 Å². The fraction of sp³-hybridized carbons (Fsp3) is 0.400. The normalized spacial score (nSPS) is 10.9. The van der Waals surface area contributed by atoms with Crippen LogP contribution in [0.2, 0.25) is 0 Å². The Morgan fingerprint density at radius 1 is 1.70 bits per heavy atom. The molecule has 0 spiro atoms. The molecule has 10 heavy (non-hydrogen) atoms. The van der Waals surface area contributed by atoms with Crippen molar-refractivity contribution in [1.82, 2.24) is 10.3 Å². The maximum Gasteiger partial charge on any atom is 0.222 e. The molecule has 1 amide bonds. The van der Waals surface area contributed by atoms with Gasteiger partial charge in [-0.25, -0.2) is 5.84 Å².